The van der Waals surface area contributed by atoms with Gasteiger partial charge in [-0.2, -0.15) is 54.8 Å². The van der Waals surface area contributed by atoms with Crippen molar-refractivity contribution in [3.63, 3.8) is 0 Å². The van der Waals surface area contributed by atoms with Gasteiger partial charge in [-0.15, -0.1) is 0 Å². The molecule has 0 spiro atoms. The van der Waals surface area contributed by atoms with Crippen molar-refractivity contribution >= 4 is 54.8 Å². The second-order valence-corrected chi connectivity index (χ2v) is 9.39. The van der Waals surface area contributed by atoms with Gasteiger partial charge in [0, 0.05) is 0 Å². The summed E-state index contributed by atoms with van der Waals surface area (Å²) in [6.07, 6.45) is 0. The molecule has 0 saturated carbocycles. The van der Waals surface area contributed by atoms with Crippen LogP contribution in [0.4, 0.5) is 0 Å². The molecule has 38 heavy (non-hydrogen) atoms. The molecular formula is O28P7Re3. The van der Waals surface area contributed by atoms with E-state index >= 15 is 0 Å². The fourth-order valence-corrected chi connectivity index (χ4v) is 0. The molecule has 0 rings (SSSR count). The van der Waals surface area contributed by atoms with E-state index < -0.39 is 54.8 Å². The predicted molar refractivity (Wildman–Crippen MR) is 53.2 cm³/mol. The average Bonchev–Trinajstić information content (AvgIpc) is 2.06. The standard InChI is InChI=1S/7H3O4P.3Re/c7*1-5(2,3)4;;;/h7*(H3,1,2,3,4);;;/q;;;;;;;3*+7/p-21. The van der Waals surface area contributed by atoms with Gasteiger partial charge in [0.05, 0.1) is 0 Å². The summed E-state index contributed by atoms with van der Waals surface area (Å²) < 4.78 is 59.8. The van der Waals surface area contributed by atoms with Crippen molar-refractivity contribution in [1.82, 2.24) is 0 Å². The second-order valence-electron chi connectivity index (χ2n) is 3.13. The molecule has 0 amide bonds. The molecule has 0 saturated heterocycles. The summed E-state index contributed by atoms with van der Waals surface area (Å²) in [7, 11) is -37.7. The van der Waals surface area contributed by atoms with Gasteiger partial charge in [0.15, 0.2) is 0 Å². The normalized spacial score (nSPS) is 10.9. The van der Waals surface area contributed by atoms with Crippen LogP contribution < -0.4 is 103 Å². The minimum Gasteiger partial charge on any atom is -0.822 e. The van der Waals surface area contributed by atoms with Gasteiger partial charge >= 0.3 is 61.3 Å². The van der Waals surface area contributed by atoms with Crippen LogP contribution in [-0.2, 0) is 93.2 Å². The Hall–Kier alpha value is 2.76. The van der Waals surface area contributed by atoms with Gasteiger partial charge in [0.2, 0.25) is 0 Å². The monoisotopic (exact) mass is 1230 g/mol. The Morgan fingerprint density at radius 1 is 0.184 bits per heavy atom. The molecule has 0 heterocycles. The molecule has 28 nitrogen and oxygen atoms in total. The summed E-state index contributed by atoms with van der Waals surface area (Å²) in [6.45, 7) is 0. The van der Waals surface area contributed by atoms with Gasteiger partial charge in [0.1, 0.15) is 0 Å². The van der Waals surface area contributed by atoms with Crippen molar-refractivity contribution in [2.45, 2.75) is 0 Å². The molecule has 0 N–H and O–H groups in total. The van der Waals surface area contributed by atoms with Gasteiger partial charge in [-0.3, -0.25) is 0 Å². The molecule has 224 valence electrons. The quantitative estimate of drug-likeness (QED) is 0.203. The molecular weight excluding hydrogens is 1220 g/mol. The van der Waals surface area contributed by atoms with Crippen molar-refractivity contribution < 1.29 is 196 Å². The van der Waals surface area contributed by atoms with E-state index in [2.05, 4.69) is 0 Å². The fraction of sp³-hybridized carbons (Fsp3) is 0. The van der Waals surface area contributed by atoms with Crippen molar-refractivity contribution in [2.24, 2.45) is 0 Å². The van der Waals surface area contributed by atoms with Crippen LogP contribution in [0.25, 0.3) is 0 Å². The van der Waals surface area contributed by atoms with Crippen LogP contribution >= 0.6 is 54.8 Å². The third kappa shape index (κ3) is 7270. The van der Waals surface area contributed by atoms with Crippen molar-refractivity contribution in [1.29, 1.82) is 0 Å². The van der Waals surface area contributed by atoms with E-state index in [4.69, 9.17) is 135 Å². The number of rotatable bonds is 0. The second kappa shape index (κ2) is 29.8. The van der Waals surface area contributed by atoms with Gasteiger partial charge in [-0.1, -0.05) is 0 Å². The minimum absolute atomic E-state index is 0. The van der Waals surface area contributed by atoms with Crippen LogP contribution in [-0.4, -0.2) is 0 Å². The van der Waals surface area contributed by atoms with E-state index in [0.29, 0.717) is 0 Å². The van der Waals surface area contributed by atoms with Crippen molar-refractivity contribution in [2.75, 3.05) is 0 Å². The first-order valence-electron chi connectivity index (χ1n) is 5.11. The first-order chi connectivity index (χ1) is 14.0. The molecule has 0 unspecified atom stereocenters. The Balaban J connectivity index is -0.0000000297. The Morgan fingerprint density at radius 2 is 0.184 bits per heavy atom. The zero-order valence-electron chi connectivity index (χ0n) is 15.7. The SMILES string of the molecule is O=P([O-])([O-])[O-].O=P([O-])([O-])[O-].O=P([O-])([O-])[O-].O=P([O-])([O-])[O-].O=P([O-])([O-])[O-].O=P([O-])([O-])[O-].O=P([O-])([O-])[O-].[Re+7].[Re+7].[Re+7]. The third-order valence-corrected chi connectivity index (χ3v) is 0. The molecule has 0 aromatic heterocycles. The van der Waals surface area contributed by atoms with Crippen LogP contribution in [0, 0.1) is 0 Å². The average molecular weight is 1220 g/mol. The summed E-state index contributed by atoms with van der Waals surface area (Å²) in [6, 6.07) is 0. The molecule has 0 bridgehead atoms. The Morgan fingerprint density at radius 3 is 0.184 bits per heavy atom. The molecule has 0 aliphatic carbocycles. The predicted octanol–water partition coefficient (Wildman–Crippen LogP) is -19.8. The zero-order chi connectivity index (χ0) is 31.5. The Kier molecular flexibility index (Phi) is 53.4. The van der Waals surface area contributed by atoms with Crippen LogP contribution in [0.1, 0.15) is 0 Å². The van der Waals surface area contributed by atoms with E-state index in [1.54, 1.807) is 0 Å². The molecule has 0 aromatic carbocycles. The van der Waals surface area contributed by atoms with Gasteiger partial charge in [-0.25, -0.2) is 0 Å². The molecule has 0 aliphatic rings. The van der Waals surface area contributed by atoms with Crippen LogP contribution in [0.3, 0.4) is 0 Å². The van der Waals surface area contributed by atoms with Gasteiger partial charge in [0.25, 0.3) is 0 Å². The maximum atomic E-state index is 8.55. The first-order valence-corrected chi connectivity index (χ1v) is 15.3. The summed E-state index contributed by atoms with van der Waals surface area (Å²) in [5.41, 5.74) is 0. The largest absolute Gasteiger partial charge is 7.00 e. The fourth-order valence-electron chi connectivity index (χ4n) is 0. The molecule has 0 fully saturated rings. The zero-order valence-corrected chi connectivity index (χ0v) is 30.1. The minimum atomic E-state index is -5.39. The Labute approximate surface area is 249 Å². The van der Waals surface area contributed by atoms with Crippen molar-refractivity contribution in [3.05, 3.63) is 0 Å². The molecule has 0 atom stereocenters. The summed E-state index contributed by atoms with van der Waals surface area (Å²) in [4.78, 5) is 180. The summed E-state index contributed by atoms with van der Waals surface area (Å²) in [5.74, 6) is 0. The van der Waals surface area contributed by atoms with Crippen molar-refractivity contribution in [3.8, 4) is 0 Å². The maximum absolute atomic E-state index is 8.55. The first kappa shape index (κ1) is 68.1. The number of hydrogen-bond acceptors (Lipinski definition) is 28. The number of phosphoric acid groups is 7. The van der Waals surface area contributed by atoms with E-state index in [-0.39, 0.29) is 61.3 Å². The van der Waals surface area contributed by atoms with E-state index in [1.165, 1.54) is 0 Å². The smallest absolute Gasteiger partial charge is 0.822 e. The van der Waals surface area contributed by atoms with E-state index in [1.807, 2.05) is 0 Å². The summed E-state index contributed by atoms with van der Waals surface area (Å²) >= 11 is 0. The van der Waals surface area contributed by atoms with E-state index in [0.717, 1.165) is 0 Å². The number of hydrogen-bond donors (Lipinski definition) is 0. The third-order valence-electron chi connectivity index (χ3n) is 0. The maximum Gasteiger partial charge on any atom is 7.00 e. The molecule has 0 aliphatic heterocycles. The molecule has 0 aromatic rings. The van der Waals surface area contributed by atoms with Gasteiger partial charge in [-0.05, 0) is 0 Å². The topological polar surface area (TPSA) is 604 Å². The summed E-state index contributed by atoms with van der Waals surface area (Å²) in [5, 5.41) is 0. The Bertz CT molecular complexity index is 560. The van der Waals surface area contributed by atoms with Crippen LogP contribution in [0.2, 0.25) is 0 Å². The molecule has 38 heteroatoms. The van der Waals surface area contributed by atoms with Gasteiger partial charge < -0.3 is 135 Å². The molecule has 0 radical (unpaired) electrons. The van der Waals surface area contributed by atoms with Crippen LogP contribution in [0.5, 0.6) is 0 Å². The van der Waals surface area contributed by atoms with E-state index in [9.17, 15) is 0 Å². The van der Waals surface area contributed by atoms with Crippen LogP contribution in [0.15, 0.2) is 0 Å².